The highest BCUT2D eigenvalue weighted by Crippen LogP contribution is 2.18. The van der Waals surface area contributed by atoms with Gasteiger partial charge in [-0.3, -0.25) is 14.4 Å². The van der Waals surface area contributed by atoms with Crippen LogP contribution in [-0.4, -0.2) is 37.2 Å². The Hall–Kier alpha value is -3.41. The summed E-state index contributed by atoms with van der Waals surface area (Å²) in [6, 6.07) is 0. The van der Waals surface area contributed by atoms with E-state index in [1.54, 1.807) is 0 Å². The molecule has 0 aliphatic rings. The van der Waals surface area contributed by atoms with Crippen molar-refractivity contribution in [3.05, 3.63) is 85.1 Å². The average Bonchev–Trinajstić information content (AvgIpc) is 3.48. The van der Waals surface area contributed by atoms with Gasteiger partial charge >= 0.3 is 17.9 Å². The van der Waals surface area contributed by atoms with E-state index in [0.29, 0.717) is 19.3 Å². The van der Waals surface area contributed by atoms with Crippen molar-refractivity contribution in [3.63, 3.8) is 0 Å². The van der Waals surface area contributed by atoms with Crippen molar-refractivity contribution in [1.82, 2.24) is 0 Å². The number of esters is 3. The van der Waals surface area contributed by atoms with Crippen LogP contribution in [0.1, 0.15) is 361 Å². The molecule has 0 aromatic carbocycles. The Balaban J connectivity index is 4.21. The van der Waals surface area contributed by atoms with Gasteiger partial charge in [0.15, 0.2) is 6.10 Å². The Morgan fingerprint density at radius 1 is 0.256 bits per heavy atom. The SMILES string of the molecule is CC/C=C\C/C=C\C/C=C\C/C=C\C/C=C\C/C=C\C/C=C\CCCCCCCCCC(=O)OCC(COC(=O)CCCCCCCCCCCC)OC(=O)CCCCCCCCCCCCCCCCCCCCCCCCCCC. The Labute approximate surface area is 509 Å². The van der Waals surface area contributed by atoms with Gasteiger partial charge in [0.2, 0.25) is 0 Å². The zero-order valence-corrected chi connectivity index (χ0v) is 54.5. The fourth-order valence-corrected chi connectivity index (χ4v) is 10.4. The first-order chi connectivity index (χ1) is 40.5. The Kier molecular flexibility index (Phi) is 67.2. The molecule has 0 saturated carbocycles. The normalized spacial score (nSPS) is 12.6. The van der Waals surface area contributed by atoms with Crippen LogP contribution in [-0.2, 0) is 28.6 Å². The smallest absolute Gasteiger partial charge is 0.306 e. The Morgan fingerprint density at radius 2 is 0.476 bits per heavy atom. The first-order valence-electron chi connectivity index (χ1n) is 35.6. The topological polar surface area (TPSA) is 78.9 Å². The molecule has 1 atom stereocenters. The second kappa shape index (κ2) is 70.1. The summed E-state index contributed by atoms with van der Waals surface area (Å²) in [5.74, 6) is -0.868. The molecule has 0 aliphatic heterocycles. The van der Waals surface area contributed by atoms with Gasteiger partial charge in [0.05, 0.1) is 0 Å². The number of hydrogen-bond donors (Lipinski definition) is 0. The molecule has 82 heavy (non-hydrogen) atoms. The highest BCUT2D eigenvalue weighted by atomic mass is 16.6. The molecule has 0 heterocycles. The summed E-state index contributed by atoms with van der Waals surface area (Å²) in [5, 5.41) is 0. The fourth-order valence-electron chi connectivity index (χ4n) is 10.4. The molecule has 0 N–H and O–H groups in total. The maximum absolute atomic E-state index is 12.9. The molecule has 1 unspecified atom stereocenters. The van der Waals surface area contributed by atoms with Crippen molar-refractivity contribution in [2.45, 2.75) is 367 Å². The summed E-state index contributed by atoms with van der Waals surface area (Å²) in [6.45, 7) is 6.56. The second-order valence-electron chi connectivity index (χ2n) is 23.8. The molecule has 0 radical (unpaired) electrons. The number of unbranched alkanes of at least 4 members (excludes halogenated alkanes) is 40. The van der Waals surface area contributed by atoms with Crippen molar-refractivity contribution < 1.29 is 28.6 Å². The van der Waals surface area contributed by atoms with E-state index >= 15 is 0 Å². The molecule has 0 aliphatic carbocycles. The Morgan fingerprint density at radius 3 is 0.744 bits per heavy atom. The second-order valence-corrected chi connectivity index (χ2v) is 23.8. The van der Waals surface area contributed by atoms with Gasteiger partial charge in [-0.1, -0.05) is 350 Å². The van der Waals surface area contributed by atoms with Crippen LogP contribution < -0.4 is 0 Å². The maximum atomic E-state index is 12.9. The fraction of sp³-hybridized carbons (Fsp3) is 0.776. The molecule has 6 nitrogen and oxygen atoms in total. The van der Waals surface area contributed by atoms with Gasteiger partial charge < -0.3 is 14.2 Å². The first-order valence-corrected chi connectivity index (χ1v) is 35.6. The van der Waals surface area contributed by atoms with E-state index in [1.807, 2.05) is 0 Å². The van der Waals surface area contributed by atoms with Gasteiger partial charge in [-0.2, -0.15) is 0 Å². The summed E-state index contributed by atoms with van der Waals surface area (Å²) in [4.78, 5) is 38.3. The lowest BCUT2D eigenvalue weighted by Gasteiger charge is -2.18. The third kappa shape index (κ3) is 67.4. The maximum Gasteiger partial charge on any atom is 0.306 e. The first kappa shape index (κ1) is 78.6. The molecule has 6 heteroatoms. The molecular formula is C76H134O6. The zero-order chi connectivity index (χ0) is 59.2. The van der Waals surface area contributed by atoms with Crippen LogP contribution in [0.5, 0.6) is 0 Å². The van der Waals surface area contributed by atoms with E-state index in [4.69, 9.17) is 14.2 Å². The number of rotatable bonds is 65. The van der Waals surface area contributed by atoms with E-state index in [1.165, 1.54) is 212 Å². The summed E-state index contributed by atoms with van der Waals surface area (Å²) in [6.07, 6.45) is 93.3. The minimum atomic E-state index is -0.779. The predicted octanol–water partition coefficient (Wildman–Crippen LogP) is 24.6. The molecule has 0 aromatic heterocycles. The van der Waals surface area contributed by atoms with Crippen LogP contribution in [0.3, 0.4) is 0 Å². The third-order valence-electron chi connectivity index (χ3n) is 15.7. The van der Waals surface area contributed by atoms with Crippen LogP contribution in [0.25, 0.3) is 0 Å². The third-order valence-corrected chi connectivity index (χ3v) is 15.7. The standard InChI is InChI=1S/C76H134O6/c1-4-7-10-13-16-19-22-24-26-28-30-32-34-36-37-38-39-41-42-44-46-48-50-52-54-57-60-63-66-69-75(78)81-72-73(71-80-74(77)68-65-62-59-56-21-18-15-12-9-6-3)82-76(79)70-67-64-61-58-55-53-51-49-47-45-43-40-35-33-31-29-27-25-23-20-17-14-11-8-5-2/h7,10,16,19,24,26,30,32,36-37,39,41,44,46,73H,4-6,8-9,11-15,17-18,20-23,25,27-29,31,33-35,38,40,42-43,45,47-72H2,1-3H3/b10-7-,19-16-,26-24-,32-30-,37-36-,41-39-,46-44-. The molecule has 0 spiro atoms. The molecule has 0 fully saturated rings. The van der Waals surface area contributed by atoms with E-state index in [0.717, 1.165) is 109 Å². The van der Waals surface area contributed by atoms with Crippen LogP contribution in [0, 0.1) is 0 Å². The Bertz CT molecular complexity index is 1550. The van der Waals surface area contributed by atoms with Crippen molar-refractivity contribution >= 4 is 17.9 Å². The van der Waals surface area contributed by atoms with E-state index < -0.39 is 6.10 Å². The van der Waals surface area contributed by atoms with E-state index in [-0.39, 0.29) is 31.1 Å². The lowest BCUT2D eigenvalue weighted by molar-refractivity contribution is -0.167. The summed E-state index contributed by atoms with van der Waals surface area (Å²) in [5.41, 5.74) is 0. The highest BCUT2D eigenvalue weighted by molar-refractivity contribution is 5.71. The van der Waals surface area contributed by atoms with Crippen molar-refractivity contribution in [3.8, 4) is 0 Å². The summed E-state index contributed by atoms with van der Waals surface area (Å²) in [7, 11) is 0. The molecular weight excluding hydrogens is 1010 g/mol. The molecule has 0 bridgehead atoms. The number of hydrogen-bond acceptors (Lipinski definition) is 6. The van der Waals surface area contributed by atoms with Crippen molar-refractivity contribution in [1.29, 1.82) is 0 Å². The lowest BCUT2D eigenvalue weighted by Crippen LogP contribution is -2.30. The largest absolute Gasteiger partial charge is 0.462 e. The van der Waals surface area contributed by atoms with E-state index in [9.17, 15) is 14.4 Å². The number of carbonyl (C=O) groups is 3. The monoisotopic (exact) mass is 1140 g/mol. The van der Waals surface area contributed by atoms with Crippen LogP contribution in [0.15, 0.2) is 85.1 Å². The van der Waals surface area contributed by atoms with Crippen molar-refractivity contribution in [2.24, 2.45) is 0 Å². The van der Waals surface area contributed by atoms with Gasteiger partial charge in [-0.25, -0.2) is 0 Å². The average molecular weight is 1140 g/mol. The quantitative estimate of drug-likeness (QED) is 0.0261. The van der Waals surface area contributed by atoms with Gasteiger partial charge in [-0.15, -0.1) is 0 Å². The minimum Gasteiger partial charge on any atom is -0.462 e. The number of ether oxygens (including phenoxy) is 3. The molecule has 0 aromatic rings. The van der Waals surface area contributed by atoms with Crippen LogP contribution in [0.4, 0.5) is 0 Å². The highest BCUT2D eigenvalue weighted by Gasteiger charge is 2.19. The van der Waals surface area contributed by atoms with E-state index in [2.05, 4.69) is 106 Å². The molecule has 474 valence electrons. The lowest BCUT2D eigenvalue weighted by atomic mass is 10.0. The molecule has 0 amide bonds. The van der Waals surface area contributed by atoms with Gasteiger partial charge in [-0.05, 0) is 77.0 Å². The minimum absolute atomic E-state index is 0.0750. The van der Waals surface area contributed by atoms with Gasteiger partial charge in [0, 0.05) is 19.3 Å². The van der Waals surface area contributed by atoms with Crippen LogP contribution in [0.2, 0.25) is 0 Å². The van der Waals surface area contributed by atoms with Crippen LogP contribution >= 0.6 is 0 Å². The van der Waals surface area contributed by atoms with Gasteiger partial charge in [0.1, 0.15) is 13.2 Å². The van der Waals surface area contributed by atoms with Crippen molar-refractivity contribution in [2.75, 3.05) is 13.2 Å². The molecule has 0 saturated heterocycles. The predicted molar refractivity (Wildman–Crippen MR) is 358 cm³/mol. The zero-order valence-electron chi connectivity index (χ0n) is 54.5. The number of carbonyl (C=O) groups excluding carboxylic acids is 3. The van der Waals surface area contributed by atoms with Gasteiger partial charge in [0.25, 0.3) is 0 Å². The summed E-state index contributed by atoms with van der Waals surface area (Å²) < 4.78 is 16.9. The summed E-state index contributed by atoms with van der Waals surface area (Å²) >= 11 is 0. The number of allylic oxidation sites excluding steroid dienone is 14. The molecule has 0 rings (SSSR count).